The number of carbonyl (C=O) groups excluding carboxylic acids is 6. The van der Waals surface area contributed by atoms with Crippen molar-refractivity contribution in [3.63, 3.8) is 0 Å². The lowest BCUT2D eigenvalue weighted by Gasteiger charge is -2.28. The summed E-state index contributed by atoms with van der Waals surface area (Å²) in [5, 5.41) is 25.4. The minimum atomic E-state index is -1.57. The van der Waals surface area contributed by atoms with E-state index >= 15 is 0 Å². The lowest BCUT2D eigenvalue weighted by Crippen LogP contribution is -2.60. The van der Waals surface area contributed by atoms with E-state index in [9.17, 15) is 38.7 Å². The predicted octanol–water partition coefficient (Wildman–Crippen LogP) is -4.37. The van der Waals surface area contributed by atoms with Crippen LogP contribution in [0.1, 0.15) is 77.3 Å². The highest BCUT2D eigenvalue weighted by molar-refractivity contribution is 5.97. The number of hydrogen-bond donors (Lipinski definition) is 13. The molecule has 1 aromatic rings. The van der Waals surface area contributed by atoms with Crippen molar-refractivity contribution >= 4 is 53.3 Å². The molecule has 1 aliphatic rings. The largest absolute Gasteiger partial charge is 0.480 e. The van der Waals surface area contributed by atoms with E-state index in [1.165, 1.54) is 12.5 Å². The molecule has 18 N–H and O–H groups in total. The van der Waals surface area contributed by atoms with Gasteiger partial charge in [0, 0.05) is 37.9 Å². The van der Waals surface area contributed by atoms with Crippen LogP contribution < -0.4 is 60.6 Å². The Labute approximate surface area is 330 Å². The van der Waals surface area contributed by atoms with Crippen molar-refractivity contribution in [3.05, 3.63) is 18.2 Å². The molecule has 23 heteroatoms. The molecule has 1 fully saturated rings. The Kier molecular flexibility index (Phi) is 20.3. The molecule has 1 aliphatic heterocycles. The molecule has 0 radical (unpaired) electrons. The van der Waals surface area contributed by atoms with Crippen molar-refractivity contribution in [2.75, 3.05) is 19.6 Å². The molecule has 6 amide bonds. The van der Waals surface area contributed by atoms with Crippen LogP contribution in [0.4, 0.5) is 0 Å². The quantitative estimate of drug-likeness (QED) is 0.0453. The van der Waals surface area contributed by atoms with Crippen LogP contribution in [0.2, 0.25) is 0 Å². The molecule has 7 atom stereocenters. The van der Waals surface area contributed by atoms with Crippen molar-refractivity contribution < 1.29 is 38.7 Å². The van der Waals surface area contributed by atoms with E-state index in [2.05, 4.69) is 51.9 Å². The van der Waals surface area contributed by atoms with Gasteiger partial charge in [-0.2, -0.15) is 0 Å². The number of aliphatic imine (C=N–C) groups is 2. The summed E-state index contributed by atoms with van der Waals surface area (Å²) in [6.07, 6.45) is 3.85. The summed E-state index contributed by atoms with van der Waals surface area (Å²) in [7, 11) is 0. The van der Waals surface area contributed by atoms with E-state index < -0.39 is 90.0 Å². The van der Waals surface area contributed by atoms with Gasteiger partial charge in [0.2, 0.25) is 35.4 Å². The second-order valence-corrected chi connectivity index (χ2v) is 13.8. The van der Waals surface area contributed by atoms with Crippen molar-refractivity contribution in [2.24, 2.45) is 44.6 Å². The van der Waals surface area contributed by atoms with E-state index in [1.807, 2.05) is 0 Å². The van der Waals surface area contributed by atoms with Crippen LogP contribution in [0.3, 0.4) is 0 Å². The highest BCUT2D eigenvalue weighted by atomic mass is 16.4. The van der Waals surface area contributed by atoms with Gasteiger partial charge in [-0.1, -0.05) is 20.3 Å². The number of carbonyl (C=O) groups is 7. The summed E-state index contributed by atoms with van der Waals surface area (Å²) in [6, 6.07) is -7.83. The number of aliphatic carboxylic acids is 1. The zero-order valence-corrected chi connectivity index (χ0v) is 32.4. The van der Waals surface area contributed by atoms with E-state index in [0.29, 0.717) is 25.0 Å². The van der Waals surface area contributed by atoms with Gasteiger partial charge in [0.05, 0.1) is 18.8 Å². The summed E-state index contributed by atoms with van der Waals surface area (Å²) in [6.45, 7) is 3.69. The van der Waals surface area contributed by atoms with Gasteiger partial charge in [-0.05, 0) is 50.9 Å². The molecule has 1 aromatic heterocycles. The third-order valence-corrected chi connectivity index (χ3v) is 9.17. The van der Waals surface area contributed by atoms with E-state index in [0.717, 1.165) is 0 Å². The van der Waals surface area contributed by atoms with Gasteiger partial charge < -0.3 is 70.7 Å². The molecule has 0 unspecified atom stereocenters. The molecule has 0 bridgehead atoms. The average molecular weight is 806 g/mol. The Hall–Kier alpha value is -6.00. The number of amides is 6. The SMILES string of the molecule is CC[C@H](C)[C@H](NC(=O)[C@@H]1CC(=O)NCCCC[C@H](N)C(=O)N[C@@H](CCCN=C(N)N)C(=O)N[C@@H](Cc2cnc[nH]2)C(=O)N[C@@H](CCCN=C(N)N)C(=O)N1)C(=O)O. The highest BCUT2D eigenvalue weighted by Gasteiger charge is 2.35. The highest BCUT2D eigenvalue weighted by Crippen LogP contribution is 2.11. The Morgan fingerprint density at radius 3 is 1.98 bits per heavy atom. The Morgan fingerprint density at radius 1 is 0.877 bits per heavy atom. The van der Waals surface area contributed by atoms with E-state index in [-0.39, 0.29) is 70.1 Å². The minimum absolute atomic E-state index is 0.0567. The van der Waals surface area contributed by atoms with Crippen molar-refractivity contribution in [1.29, 1.82) is 0 Å². The lowest BCUT2D eigenvalue weighted by atomic mass is 9.98. The number of guanidine groups is 2. The summed E-state index contributed by atoms with van der Waals surface area (Å²) < 4.78 is 0. The standard InChI is InChI=1S/C34H59N15O8/c1-3-18(2)26(32(56)57)49-31(55)24-15-25(50)41-11-5-4-8-20(35)27(51)45-21(9-6-12-42-33(36)37)28(52)47-23(14-19-16-40-17-44-19)30(54)46-22(29(53)48-24)10-7-13-43-34(38)39/h16-18,20-24,26H,3-15,35H2,1-2H3,(H,40,44)(H,41,50)(H,45,51)(H,46,54)(H,47,52)(H,48,53)(H,49,55)(H,56,57)(H4,36,37,42)(H4,38,39,43)/t18-,20-,21-,22-,23-,24-,26-/m0/s1. The first-order valence-corrected chi connectivity index (χ1v) is 18.9. The van der Waals surface area contributed by atoms with Crippen LogP contribution in [-0.4, -0.2) is 124 Å². The maximum absolute atomic E-state index is 14.0. The first-order valence-electron chi connectivity index (χ1n) is 18.9. The zero-order chi connectivity index (χ0) is 42.5. The summed E-state index contributed by atoms with van der Waals surface area (Å²) in [5.74, 6) is -6.85. The van der Waals surface area contributed by atoms with Crippen molar-refractivity contribution in [2.45, 2.75) is 114 Å². The minimum Gasteiger partial charge on any atom is -0.480 e. The Bertz CT molecular complexity index is 1560. The second kappa shape index (κ2) is 24.5. The number of rotatable bonds is 15. The zero-order valence-electron chi connectivity index (χ0n) is 32.4. The number of aromatic nitrogens is 2. The number of nitrogens with two attached hydrogens (primary N) is 5. The number of aromatic amines is 1. The molecule has 2 rings (SSSR count). The molecular formula is C34H59N15O8. The van der Waals surface area contributed by atoms with Crippen LogP contribution in [0.25, 0.3) is 0 Å². The predicted molar refractivity (Wildman–Crippen MR) is 208 cm³/mol. The maximum atomic E-state index is 14.0. The number of nitrogens with zero attached hydrogens (tertiary/aromatic N) is 3. The van der Waals surface area contributed by atoms with Crippen molar-refractivity contribution in [3.8, 4) is 0 Å². The van der Waals surface area contributed by atoms with Gasteiger partial charge in [-0.25, -0.2) is 9.78 Å². The van der Waals surface area contributed by atoms with Crippen LogP contribution in [-0.2, 0) is 40.0 Å². The van der Waals surface area contributed by atoms with Gasteiger partial charge in [0.1, 0.15) is 30.2 Å². The van der Waals surface area contributed by atoms with Gasteiger partial charge >= 0.3 is 5.97 Å². The smallest absolute Gasteiger partial charge is 0.326 e. The molecule has 0 saturated carbocycles. The van der Waals surface area contributed by atoms with Crippen LogP contribution in [0.15, 0.2) is 22.5 Å². The fraction of sp³-hybridized carbons (Fsp3) is 0.647. The molecular weight excluding hydrogens is 746 g/mol. The third kappa shape index (κ3) is 17.6. The summed E-state index contributed by atoms with van der Waals surface area (Å²) in [5.41, 5.74) is 28.4. The fourth-order valence-corrected chi connectivity index (χ4v) is 5.72. The van der Waals surface area contributed by atoms with Gasteiger partial charge in [0.25, 0.3) is 0 Å². The molecule has 318 valence electrons. The molecule has 57 heavy (non-hydrogen) atoms. The fourth-order valence-electron chi connectivity index (χ4n) is 5.72. The number of hydrogen-bond acceptors (Lipinski definition) is 11. The van der Waals surface area contributed by atoms with Gasteiger partial charge in [-0.15, -0.1) is 0 Å². The van der Waals surface area contributed by atoms with Crippen LogP contribution in [0.5, 0.6) is 0 Å². The number of H-pyrrole nitrogens is 1. The molecule has 2 heterocycles. The Balaban J connectivity index is 2.56. The maximum Gasteiger partial charge on any atom is 0.326 e. The number of nitrogens with one attached hydrogen (secondary N) is 7. The molecule has 23 nitrogen and oxygen atoms in total. The van der Waals surface area contributed by atoms with Crippen molar-refractivity contribution in [1.82, 2.24) is 41.9 Å². The average Bonchev–Trinajstić information content (AvgIpc) is 3.67. The number of imidazole rings is 1. The summed E-state index contributed by atoms with van der Waals surface area (Å²) >= 11 is 0. The third-order valence-electron chi connectivity index (χ3n) is 9.17. The molecule has 0 aliphatic carbocycles. The van der Waals surface area contributed by atoms with Crippen LogP contribution in [0, 0.1) is 5.92 Å². The van der Waals surface area contributed by atoms with E-state index in [4.69, 9.17) is 28.7 Å². The first-order chi connectivity index (χ1) is 27.0. The molecule has 0 aromatic carbocycles. The number of carboxylic acids is 1. The van der Waals surface area contributed by atoms with Gasteiger partial charge in [0.15, 0.2) is 11.9 Å². The second-order valence-electron chi connectivity index (χ2n) is 13.8. The Morgan fingerprint density at radius 2 is 1.44 bits per heavy atom. The monoisotopic (exact) mass is 805 g/mol. The van der Waals surface area contributed by atoms with Crippen LogP contribution >= 0.6 is 0 Å². The summed E-state index contributed by atoms with van der Waals surface area (Å²) in [4.78, 5) is 108. The molecule has 1 saturated heterocycles. The lowest BCUT2D eigenvalue weighted by molar-refractivity contribution is -0.144. The normalized spacial score (nSPS) is 22.9. The topological polar surface area (TPSA) is 395 Å². The van der Waals surface area contributed by atoms with E-state index in [1.54, 1.807) is 13.8 Å². The molecule has 0 spiro atoms. The first kappa shape index (κ1) is 47.2. The van der Waals surface area contributed by atoms with Gasteiger partial charge in [-0.3, -0.25) is 38.8 Å². The number of carboxylic acid groups (broad SMARTS) is 1.